The molecule has 0 saturated heterocycles. The van der Waals surface area contributed by atoms with Crippen LogP contribution in [0.3, 0.4) is 0 Å². The molecule has 0 aliphatic rings. The Labute approximate surface area is 162 Å². The quantitative estimate of drug-likeness (QED) is 0.595. The molecule has 0 radical (unpaired) electrons. The summed E-state index contributed by atoms with van der Waals surface area (Å²) in [6.45, 7) is 2.35. The number of carbonyl (C=O) groups is 1. The van der Waals surface area contributed by atoms with Gasteiger partial charge in [0.2, 0.25) is 0 Å². The molecule has 0 bridgehead atoms. The number of para-hydroxylation sites is 1. The molecular formula is C21H20N6O. The molecule has 1 amide bonds. The van der Waals surface area contributed by atoms with Gasteiger partial charge >= 0.3 is 0 Å². The van der Waals surface area contributed by atoms with Crippen molar-refractivity contribution in [3.8, 4) is 0 Å². The van der Waals surface area contributed by atoms with Gasteiger partial charge in [0, 0.05) is 18.1 Å². The third kappa shape index (κ3) is 3.29. The number of hydrogen-bond donors (Lipinski definition) is 1. The molecule has 2 aromatic carbocycles. The second-order valence-electron chi connectivity index (χ2n) is 6.69. The van der Waals surface area contributed by atoms with Crippen LogP contribution in [0, 0.1) is 6.92 Å². The molecular weight excluding hydrogens is 352 g/mol. The minimum atomic E-state index is -0.171. The molecule has 4 rings (SSSR count). The molecule has 7 nitrogen and oxygen atoms in total. The molecule has 0 aliphatic carbocycles. The summed E-state index contributed by atoms with van der Waals surface area (Å²) in [6.07, 6.45) is 1.49. The molecule has 2 aromatic heterocycles. The molecule has 2 N–H and O–H groups in total. The van der Waals surface area contributed by atoms with Crippen LogP contribution in [0.1, 0.15) is 21.6 Å². The van der Waals surface area contributed by atoms with E-state index in [0.717, 1.165) is 27.7 Å². The zero-order valence-electron chi connectivity index (χ0n) is 15.7. The van der Waals surface area contributed by atoms with E-state index in [1.807, 2.05) is 61.5 Å². The molecule has 0 fully saturated rings. The van der Waals surface area contributed by atoms with Gasteiger partial charge in [0.1, 0.15) is 11.5 Å². The summed E-state index contributed by atoms with van der Waals surface area (Å²) in [7, 11) is 1.74. The van der Waals surface area contributed by atoms with E-state index in [1.165, 1.54) is 6.20 Å². The van der Waals surface area contributed by atoms with Gasteiger partial charge in [-0.05, 0) is 42.3 Å². The van der Waals surface area contributed by atoms with Crippen LogP contribution in [0.15, 0.2) is 60.8 Å². The molecule has 4 aromatic rings. The lowest BCUT2D eigenvalue weighted by molar-refractivity contribution is 0.0983. The molecule has 7 heteroatoms. The smallest absolute Gasteiger partial charge is 0.277 e. The highest BCUT2D eigenvalue weighted by Gasteiger charge is 2.19. The van der Waals surface area contributed by atoms with Crippen LogP contribution >= 0.6 is 0 Å². The lowest BCUT2D eigenvalue weighted by Crippen LogP contribution is -2.28. The third-order valence-corrected chi connectivity index (χ3v) is 4.73. The SMILES string of the molecule is Cc1cc2ccc(Cn3nncc3C(=O)N(C)c3ccccc3)cc2nc1N. The van der Waals surface area contributed by atoms with E-state index in [4.69, 9.17) is 5.73 Å². The van der Waals surface area contributed by atoms with Crippen molar-refractivity contribution >= 4 is 28.3 Å². The van der Waals surface area contributed by atoms with Gasteiger partial charge in [0.25, 0.3) is 5.91 Å². The van der Waals surface area contributed by atoms with Crippen molar-refractivity contribution < 1.29 is 4.79 Å². The first-order valence-corrected chi connectivity index (χ1v) is 8.90. The normalized spacial score (nSPS) is 10.9. The number of carbonyl (C=O) groups excluding carboxylic acids is 1. The number of rotatable bonds is 4. The standard InChI is InChI=1S/C21H20N6O/c1-14-10-16-9-8-15(11-18(16)24-20(14)22)13-27-19(12-23-25-27)21(28)26(2)17-6-4-3-5-7-17/h3-12H,13H2,1-2H3,(H2,22,24). The van der Waals surface area contributed by atoms with Gasteiger partial charge < -0.3 is 10.6 Å². The number of nitrogens with zero attached hydrogens (tertiary/aromatic N) is 5. The fourth-order valence-electron chi connectivity index (χ4n) is 3.09. The Hall–Kier alpha value is -3.74. The highest BCUT2D eigenvalue weighted by atomic mass is 16.2. The minimum Gasteiger partial charge on any atom is -0.383 e. The summed E-state index contributed by atoms with van der Waals surface area (Å²) in [6, 6.07) is 17.4. The van der Waals surface area contributed by atoms with Gasteiger partial charge in [-0.3, -0.25) is 4.79 Å². The lowest BCUT2D eigenvalue weighted by Gasteiger charge is -2.17. The topological polar surface area (TPSA) is 89.9 Å². The number of hydrogen-bond acceptors (Lipinski definition) is 5. The van der Waals surface area contributed by atoms with E-state index < -0.39 is 0 Å². The van der Waals surface area contributed by atoms with Crippen molar-refractivity contribution in [2.45, 2.75) is 13.5 Å². The Balaban J connectivity index is 1.62. The Morgan fingerprint density at radius 3 is 2.71 bits per heavy atom. The van der Waals surface area contributed by atoms with Gasteiger partial charge in [0.15, 0.2) is 0 Å². The van der Waals surface area contributed by atoms with E-state index in [0.29, 0.717) is 18.1 Å². The molecule has 0 saturated carbocycles. The fourth-order valence-corrected chi connectivity index (χ4v) is 3.09. The molecule has 0 atom stereocenters. The number of anilines is 2. The molecule has 2 heterocycles. The van der Waals surface area contributed by atoms with Gasteiger partial charge in [0.05, 0.1) is 18.3 Å². The predicted molar refractivity (Wildman–Crippen MR) is 109 cm³/mol. The number of nitrogen functional groups attached to an aromatic ring is 1. The Bertz CT molecular complexity index is 1150. The highest BCUT2D eigenvalue weighted by molar-refractivity contribution is 6.04. The van der Waals surface area contributed by atoms with E-state index in [-0.39, 0.29) is 5.91 Å². The maximum atomic E-state index is 12.9. The first kappa shape index (κ1) is 17.7. The van der Waals surface area contributed by atoms with E-state index in [2.05, 4.69) is 15.3 Å². The highest BCUT2D eigenvalue weighted by Crippen LogP contribution is 2.20. The second kappa shape index (κ2) is 7.11. The molecule has 0 unspecified atom stereocenters. The first-order chi connectivity index (χ1) is 13.5. The van der Waals surface area contributed by atoms with Gasteiger partial charge in [-0.2, -0.15) is 0 Å². The summed E-state index contributed by atoms with van der Waals surface area (Å²) >= 11 is 0. The van der Waals surface area contributed by atoms with Crippen LogP contribution < -0.4 is 10.6 Å². The van der Waals surface area contributed by atoms with Crippen LogP contribution in [0.2, 0.25) is 0 Å². The van der Waals surface area contributed by atoms with E-state index in [1.54, 1.807) is 16.6 Å². The monoisotopic (exact) mass is 372 g/mol. The van der Waals surface area contributed by atoms with Crippen LogP contribution in [0.5, 0.6) is 0 Å². The van der Waals surface area contributed by atoms with Gasteiger partial charge in [-0.25, -0.2) is 9.67 Å². The van der Waals surface area contributed by atoms with Gasteiger partial charge in [-0.1, -0.05) is 35.5 Å². The summed E-state index contributed by atoms with van der Waals surface area (Å²) in [5.74, 6) is 0.348. The van der Waals surface area contributed by atoms with E-state index >= 15 is 0 Å². The van der Waals surface area contributed by atoms with Crippen molar-refractivity contribution in [3.05, 3.63) is 77.6 Å². The summed E-state index contributed by atoms with van der Waals surface area (Å²) in [5.41, 5.74) is 9.89. The predicted octanol–water partition coefficient (Wildman–Crippen LogP) is 3.04. The summed E-state index contributed by atoms with van der Waals surface area (Å²) < 4.78 is 1.60. The Kier molecular flexibility index (Phi) is 4.49. The zero-order chi connectivity index (χ0) is 19.7. The van der Waals surface area contributed by atoms with Crippen molar-refractivity contribution in [2.75, 3.05) is 17.7 Å². The van der Waals surface area contributed by atoms with Crippen LogP contribution in [-0.4, -0.2) is 32.9 Å². The third-order valence-electron chi connectivity index (χ3n) is 4.73. The second-order valence-corrected chi connectivity index (χ2v) is 6.69. The van der Waals surface area contributed by atoms with Crippen LogP contribution in [0.4, 0.5) is 11.5 Å². The van der Waals surface area contributed by atoms with Crippen molar-refractivity contribution in [2.24, 2.45) is 0 Å². The van der Waals surface area contributed by atoms with Crippen LogP contribution in [-0.2, 0) is 6.54 Å². The van der Waals surface area contributed by atoms with Crippen molar-refractivity contribution in [1.82, 2.24) is 20.0 Å². The average molecular weight is 372 g/mol. The molecule has 140 valence electrons. The fraction of sp³-hybridized carbons (Fsp3) is 0.143. The largest absolute Gasteiger partial charge is 0.383 e. The number of pyridine rings is 1. The van der Waals surface area contributed by atoms with Crippen LogP contribution in [0.25, 0.3) is 10.9 Å². The minimum absolute atomic E-state index is 0.171. The Morgan fingerprint density at radius 1 is 1.14 bits per heavy atom. The maximum Gasteiger partial charge on any atom is 0.277 e. The number of amides is 1. The molecule has 0 aliphatic heterocycles. The number of nitrogens with two attached hydrogens (primary N) is 1. The first-order valence-electron chi connectivity index (χ1n) is 8.90. The maximum absolute atomic E-state index is 12.9. The summed E-state index contributed by atoms with van der Waals surface area (Å²) in [4.78, 5) is 18.9. The Morgan fingerprint density at radius 2 is 1.93 bits per heavy atom. The lowest BCUT2D eigenvalue weighted by atomic mass is 10.1. The zero-order valence-corrected chi connectivity index (χ0v) is 15.7. The van der Waals surface area contributed by atoms with Crippen molar-refractivity contribution in [3.63, 3.8) is 0 Å². The molecule has 28 heavy (non-hydrogen) atoms. The molecule has 0 spiro atoms. The summed E-state index contributed by atoms with van der Waals surface area (Å²) in [5, 5.41) is 9.05. The van der Waals surface area contributed by atoms with Gasteiger partial charge in [-0.15, -0.1) is 5.10 Å². The number of benzene rings is 2. The number of fused-ring (bicyclic) bond motifs is 1. The average Bonchev–Trinajstić information content (AvgIpc) is 3.16. The number of aryl methyl sites for hydroxylation is 1. The number of aromatic nitrogens is 4. The van der Waals surface area contributed by atoms with Crippen molar-refractivity contribution in [1.29, 1.82) is 0 Å². The van der Waals surface area contributed by atoms with E-state index in [9.17, 15) is 4.79 Å².